The first kappa shape index (κ1) is 22.7. The van der Waals surface area contributed by atoms with Gasteiger partial charge in [-0.2, -0.15) is 0 Å². The van der Waals surface area contributed by atoms with Crippen LogP contribution >= 0.6 is 0 Å². The van der Waals surface area contributed by atoms with E-state index in [9.17, 15) is 19.5 Å². The van der Waals surface area contributed by atoms with Crippen LogP contribution in [0.4, 0.5) is 10.5 Å². The van der Waals surface area contributed by atoms with Gasteiger partial charge in [-0.3, -0.25) is 9.59 Å². The molecule has 4 rings (SSSR count). The van der Waals surface area contributed by atoms with Crippen molar-refractivity contribution in [3.63, 3.8) is 0 Å². The number of fused-ring (bicyclic) bond motifs is 1. The lowest BCUT2D eigenvalue weighted by Crippen LogP contribution is -2.36. The van der Waals surface area contributed by atoms with Gasteiger partial charge >= 0.3 is 12.0 Å². The summed E-state index contributed by atoms with van der Waals surface area (Å²) in [6, 6.07) is 13.8. The van der Waals surface area contributed by atoms with Crippen LogP contribution in [0.15, 0.2) is 65.6 Å². The van der Waals surface area contributed by atoms with Gasteiger partial charge < -0.3 is 34.5 Å². The van der Waals surface area contributed by atoms with Gasteiger partial charge in [-0.25, -0.2) is 4.79 Å². The predicted molar refractivity (Wildman–Crippen MR) is 123 cm³/mol. The average Bonchev–Trinajstić information content (AvgIpc) is 3.29. The minimum absolute atomic E-state index is 0.0632. The summed E-state index contributed by atoms with van der Waals surface area (Å²) < 4.78 is 17.2. The molecule has 0 fully saturated rings. The molecule has 34 heavy (non-hydrogen) atoms. The third kappa shape index (κ3) is 5.29. The molecule has 3 aromatic rings. The number of carbonyl (C=O) groups is 2. The molecule has 10 nitrogen and oxygen atoms in total. The van der Waals surface area contributed by atoms with E-state index in [4.69, 9.17) is 14.2 Å². The van der Waals surface area contributed by atoms with Crippen molar-refractivity contribution in [2.45, 2.75) is 19.0 Å². The molecule has 0 spiro atoms. The Hall–Kier alpha value is -4.47. The van der Waals surface area contributed by atoms with Gasteiger partial charge in [0.15, 0.2) is 11.5 Å². The number of urea groups is 1. The van der Waals surface area contributed by atoms with Crippen LogP contribution in [0.5, 0.6) is 17.2 Å². The quantitative estimate of drug-likeness (QED) is 0.467. The van der Waals surface area contributed by atoms with Crippen molar-refractivity contribution in [2.24, 2.45) is 0 Å². The number of aromatic nitrogens is 1. The molecule has 1 aromatic heterocycles. The summed E-state index contributed by atoms with van der Waals surface area (Å²) >= 11 is 0. The Morgan fingerprint density at radius 2 is 1.88 bits per heavy atom. The molecule has 176 valence electrons. The molecule has 2 amide bonds. The standard InChI is InChI=1S/C24H23N3O7/c1-32-17-7-4-15(5-8-17)13-27-10-2-3-18(23(27)30)25-24(31)26-19(12-22(28)29)16-6-9-20-21(11-16)34-14-33-20/h2-11,19H,12-14H2,1H3,(H,28,29)(H2,25,26,31)/t19-/m0/s1. The highest BCUT2D eigenvalue weighted by Crippen LogP contribution is 2.34. The number of hydrogen-bond acceptors (Lipinski definition) is 6. The van der Waals surface area contributed by atoms with E-state index < -0.39 is 23.6 Å². The maximum Gasteiger partial charge on any atom is 0.319 e. The second-order valence-corrected chi connectivity index (χ2v) is 7.56. The first-order valence-corrected chi connectivity index (χ1v) is 10.4. The molecule has 0 bridgehead atoms. The fourth-order valence-corrected chi connectivity index (χ4v) is 3.56. The van der Waals surface area contributed by atoms with Gasteiger partial charge in [0.2, 0.25) is 6.79 Å². The fraction of sp³-hybridized carbons (Fsp3) is 0.208. The van der Waals surface area contributed by atoms with Gasteiger partial charge in [0.05, 0.1) is 26.1 Å². The Morgan fingerprint density at radius 3 is 2.62 bits per heavy atom. The number of nitrogens with zero attached hydrogens (tertiary/aromatic N) is 1. The zero-order valence-corrected chi connectivity index (χ0v) is 18.3. The molecular weight excluding hydrogens is 442 g/mol. The SMILES string of the molecule is COc1ccc(Cn2cccc(NC(=O)N[C@@H](CC(=O)O)c3ccc4c(c3)OCO4)c2=O)cc1. The average molecular weight is 465 g/mol. The summed E-state index contributed by atoms with van der Waals surface area (Å²) in [6.45, 7) is 0.381. The molecule has 1 aliphatic rings. The van der Waals surface area contributed by atoms with Crippen molar-refractivity contribution in [1.82, 2.24) is 9.88 Å². The normalized spacial score (nSPS) is 12.6. The Bertz CT molecular complexity index is 1250. The number of aliphatic carboxylic acids is 1. The molecule has 3 N–H and O–H groups in total. The Balaban J connectivity index is 1.48. The third-order valence-electron chi connectivity index (χ3n) is 5.26. The van der Waals surface area contributed by atoms with Gasteiger partial charge in [0, 0.05) is 6.20 Å². The van der Waals surface area contributed by atoms with E-state index >= 15 is 0 Å². The number of carbonyl (C=O) groups excluding carboxylic acids is 1. The number of benzene rings is 2. The lowest BCUT2D eigenvalue weighted by atomic mass is 10.0. The van der Waals surface area contributed by atoms with Crippen molar-refractivity contribution >= 4 is 17.7 Å². The first-order valence-electron chi connectivity index (χ1n) is 10.4. The van der Waals surface area contributed by atoms with Crippen LogP contribution < -0.4 is 30.4 Å². The van der Waals surface area contributed by atoms with Gasteiger partial charge in [0.1, 0.15) is 11.4 Å². The molecule has 1 aliphatic heterocycles. The number of rotatable bonds is 8. The molecule has 0 radical (unpaired) electrons. The van der Waals surface area contributed by atoms with Gasteiger partial charge in [-0.05, 0) is 47.5 Å². The topological polar surface area (TPSA) is 128 Å². The summed E-state index contributed by atoms with van der Waals surface area (Å²) in [6.07, 6.45) is 1.26. The highest BCUT2D eigenvalue weighted by Gasteiger charge is 2.22. The summed E-state index contributed by atoms with van der Waals surface area (Å²) in [4.78, 5) is 36.9. The van der Waals surface area contributed by atoms with Gasteiger partial charge in [-0.15, -0.1) is 0 Å². The van der Waals surface area contributed by atoms with Crippen LogP contribution in [0, 0.1) is 0 Å². The second kappa shape index (κ2) is 9.99. The van der Waals surface area contributed by atoms with Crippen LogP contribution in [0.2, 0.25) is 0 Å². The highest BCUT2D eigenvalue weighted by molar-refractivity contribution is 5.89. The number of hydrogen-bond donors (Lipinski definition) is 3. The molecule has 1 atom stereocenters. The van der Waals surface area contributed by atoms with Gasteiger partial charge in [-0.1, -0.05) is 18.2 Å². The van der Waals surface area contributed by atoms with Crippen molar-refractivity contribution < 1.29 is 28.9 Å². The molecule has 2 heterocycles. The zero-order valence-electron chi connectivity index (χ0n) is 18.3. The van der Waals surface area contributed by atoms with Crippen molar-refractivity contribution in [3.05, 3.63) is 82.3 Å². The smallest absolute Gasteiger partial charge is 0.319 e. The monoisotopic (exact) mass is 465 g/mol. The summed E-state index contributed by atoms with van der Waals surface area (Å²) in [5.74, 6) is 0.634. The van der Waals surface area contributed by atoms with Crippen molar-refractivity contribution in [3.8, 4) is 17.2 Å². The predicted octanol–water partition coefficient (Wildman–Crippen LogP) is 2.97. The number of methoxy groups -OCH3 is 1. The summed E-state index contributed by atoms with van der Waals surface area (Å²) in [7, 11) is 1.58. The van der Waals surface area contributed by atoms with Crippen LogP contribution in [-0.4, -0.2) is 35.6 Å². The van der Waals surface area contributed by atoms with E-state index in [2.05, 4.69) is 10.6 Å². The molecular formula is C24H23N3O7. The Labute approximate surface area is 194 Å². The number of pyridine rings is 1. The van der Waals surface area contributed by atoms with E-state index in [-0.39, 0.29) is 18.9 Å². The van der Waals surface area contributed by atoms with E-state index in [1.165, 1.54) is 10.6 Å². The number of amides is 2. The Morgan fingerprint density at radius 1 is 1.12 bits per heavy atom. The van der Waals surface area contributed by atoms with Crippen molar-refractivity contribution in [2.75, 3.05) is 19.2 Å². The lowest BCUT2D eigenvalue weighted by molar-refractivity contribution is -0.137. The second-order valence-electron chi connectivity index (χ2n) is 7.56. The molecule has 0 aliphatic carbocycles. The first-order chi connectivity index (χ1) is 16.4. The Kier molecular flexibility index (Phi) is 6.67. The number of nitrogens with one attached hydrogen (secondary N) is 2. The number of carboxylic acids is 1. The largest absolute Gasteiger partial charge is 0.497 e. The molecule has 0 unspecified atom stereocenters. The maximum atomic E-state index is 12.9. The number of carboxylic acid groups (broad SMARTS) is 1. The third-order valence-corrected chi connectivity index (χ3v) is 5.26. The highest BCUT2D eigenvalue weighted by atomic mass is 16.7. The van der Waals surface area contributed by atoms with Crippen LogP contribution in [0.25, 0.3) is 0 Å². The fourth-order valence-electron chi connectivity index (χ4n) is 3.56. The van der Waals surface area contributed by atoms with E-state index in [1.54, 1.807) is 49.7 Å². The molecule has 2 aromatic carbocycles. The number of anilines is 1. The van der Waals surface area contributed by atoms with Crippen LogP contribution in [0.1, 0.15) is 23.6 Å². The minimum Gasteiger partial charge on any atom is -0.497 e. The number of ether oxygens (including phenoxy) is 3. The van der Waals surface area contributed by atoms with Gasteiger partial charge in [0.25, 0.3) is 5.56 Å². The zero-order chi connectivity index (χ0) is 24.1. The minimum atomic E-state index is -1.09. The van der Waals surface area contributed by atoms with E-state index in [1.807, 2.05) is 12.1 Å². The molecule has 10 heteroatoms. The van der Waals surface area contributed by atoms with Crippen molar-refractivity contribution in [1.29, 1.82) is 0 Å². The summed E-state index contributed by atoms with van der Waals surface area (Å²) in [5.41, 5.74) is 1.08. The van der Waals surface area contributed by atoms with Crippen LogP contribution in [0.3, 0.4) is 0 Å². The molecule has 0 saturated heterocycles. The van der Waals surface area contributed by atoms with E-state index in [0.717, 1.165) is 5.56 Å². The molecule has 0 saturated carbocycles. The summed E-state index contributed by atoms with van der Waals surface area (Å²) in [5, 5.41) is 14.5. The maximum absolute atomic E-state index is 12.9. The lowest BCUT2D eigenvalue weighted by Gasteiger charge is -2.18. The van der Waals surface area contributed by atoms with E-state index in [0.29, 0.717) is 29.4 Å². The van der Waals surface area contributed by atoms with Crippen LogP contribution in [-0.2, 0) is 11.3 Å².